The normalized spacial score (nSPS) is 11.7. The van der Waals surface area contributed by atoms with E-state index in [9.17, 15) is 4.79 Å². The quantitative estimate of drug-likeness (QED) is 0.0992. The van der Waals surface area contributed by atoms with Crippen molar-refractivity contribution in [3.05, 3.63) is 59.2 Å². The first-order valence-corrected chi connectivity index (χ1v) is 13.3. The summed E-state index contributed by atoms with van der Waals surface area (Å²) in [5, 5.41) is 0. The number of ether oxygens (including phenoxy) is 2. The van der Waals surface area contributed by atoms with Crippen LogP contribution in [0, 0.1) is 0 Å². The average Bonchev–Trinajstić information content (AvgIpc) is 2.84. The average molecular weight is 563 g/mol. The summed E-state index contributed by atoms with van der Waals surface area (Å²) in [4.78, 5) is 12.7. The Balaban J connectivity index is 0.00000408. The third kappa shape index (κ3) is 9.71. The molecule has 2 aromatic rings. The molecule has 0 aliphatic carbocycles. The Labute approximate surface area is 227 Å². The number of carbonyl (C=O) groups excluding carboxylic acids is 1. The molecular formula is C30H42CdO3. The van der Waals surface area contributed by atoms with Gasteiger partial charge in [0.2, 0.25) is 0 Å². The predicted molar refractivity (Wildman–Crippen MR) is 136 cm³/mol. The van der Waals surface area contributed by atoms with E-state index in [1.165, 1.54) is 77.0 Å². The topological polar surface area (TPSA) is 35.5 Å². The van der Waals surface area contributed by atoms with Crippen LogP contribution < -0.4 is 4.74 Å². The van der Waals surface area contributed by atoms with Crippen LogP contribution in [0.3, 0.4) is 0 Å². The predicted octanol–water partition coefficient (Wildman–Crippen LogP) is 9.02. The number of rotatable bonds is 16. The monoisotopic (exact) mass is 564 g/mol. The standard InChI is InChI=1S/C30H42O3.Cd/c1-2-3-4-5-6-7-8-9-10-11-12-13-14-17-23-32-30(31)26-20-18-22-29-27(26)24-25-19-15-16-21-28(25)33-29;/h15-16,18-22H,2-14,17,23-24H2,1H3;. The summed E-state index contributed by atoms with van der Waals surface area (Å²) < 4.78 is 11.6. The number of carbonyl (C=O) groups is 1. The molecule has 4 heteroatoms. The van der Waals surface area contributed by atoms with Crippen molar-refractivity contribution in [2.45, 2.75) is 103 Å². The van der Waals surface area contributed by atoms with Gasteiger partial charge < -0.3 is 9.47 Å². The second kappa shape index (κ2) is 17.1. The molecule has 3 nitrogen and oxygen atoms in total. The number of hydrogen-bond donors (Lipinski definition) is 0. The van der Waals surface area contributed by atoms with Gasteiger partial charge in [-0.3, -0.25) is 0 Å². The van der Waals surface area contributed by atoms with Gasteiger partial charge in [0, 0.05) is 39.3 Å². The minimum absolute atomic E-state index is 0. The van der Waals surface area contributed by atoms with Crippen molar-refractivity contribution < 1.29 is 41.6 Å². The van der Waals surface area contributed by atoms with E-state index in [2.05, 4.69) is 13.0 Å². The zero-order valence-corrected chi connectivity index (χ0v) is 25.3. The van der Waals surface area contributed by atoms with Crippen LogP contribution in [-0.2, 0) is 38.5 Å². The van der Waals surface area contributed by atoms with Gasteiger partial charge >= 0.3 is 5.97 Å². The van der Waals surface area contributed by atoms with Gasteiger partial charge in [-0.1, -0.05) is 115 Å². The molecule has 34 heavy (non-hydrogen) atoms. The number of para-hydroxylation sites is 1. The maximum absolute atomic E-state index is 12.7. The molecule has 0 bridgehead atoms. The third-order valence-corrected chi connectivity index (χ3v) is 6.64. The summed E-state index contributed by atoms with van der Waals surface area (Å²) in [6.45, 7) is 2.77. The van der Waals surface area contributed by atoms with E-state index >= 15 is 0 Å². The Hall–Kier alpha value is -1.37. The van der Waals surface area contributed by atoms with E-state index in [-0.39, 0.29) is 33.3 Å². The maximum Gasteiger partial charge on any atom is 0.338 e. The number of fused-ring (bicyclic) bond motifs is 2. The van der Waals surface area contributed by atoms with Crippen LogP contribution >= 0.6 is 0 Å². The molecule has 1 heterocycles. The molecule has 1 aliphatic heterocycles. The van der Waals surface area contributed by atoms with E-state index in [1.54, 1.807) is 0 Å². The fourth-order valence-electron chi connectivity index (χ4n) is 4.63. The first kappa shape index (κ1) is 28.9. The Bertz CT molecular complexity index is 849. The first-order chi connectivity index (χ1) is 16.3. The van der Waals surface area contributed by atoms with Gasteiger partial charge in [0.15, 0.2) is 0 Å². The van der Waals surface area contributed by atoms with E-state index in [0.29, 0.717) is 18.6 Å². The van der Waals surface area contributed by atoms with Crippen molar-refractivity contribution in [2.24, 2.45) is 0 Å². The van der Waals surface area contributed by atoms with E-state index in [0.717, 1.165) is 35.5 Å². The van der Waals surface area contributed by atoms with Crippen LogP contribution in [0.4, 0.5) is 0 Å². The molecule has 0 radical (unpaired) electrons. The molecule has 0 unspecified atom stereocenters. The van der Waals surface area contributed by atoms with Gasteiger partial charge in [-0.05, 0) is 30.2 Å². The van der Waals surface area contributed by atoms with Crippen LogP contribution in [0.1, 0.15) is 118 Å². The van der Waals surface area contributed by atoms with Crippen LogP contribution in [0.2, 0.25) is 0 Å². The largest absolute Gasteiger partial charge is 0.462 e. The van der Waals surface area contributed by atoms with Crippen LogP contribution in [0.5, 0.6) is 11.5 Å². The Morgan fingerprint density at radius 1 is 0.735 bits per heavy atom. The third-order valence-electron chi connectivity index (χ3n) is 6.64. The molecule has 0 aromatic heterocycles. The second-order valence-electron chi connectivity index (χ2n) is 9.40. The summed E-state index contributed by atoms with van der Waals surface area (Å²) in [7, 11) is 0. The van der Waals surface area contributed by atoms with Crippen molar-refractivity contribution in [1.29, 1.82) is 0 Å². The zero-order chi connectivity index (χ0) is 23.1. The molecule has 0 saturated carbocycles. The molecule has 3 rings (SSSR count). The smallest absolute Gasteiger partial charge is 0.338 e. The van der Waals surface area contributed by atoms with Crippen molar-refractivity contribution in [3.8, 4) is 11.5 Å². The zero-order valence-electron chi connectivity index (χ0n) is 21.3. The van der Waals surface area contributed by atoms with Gasteiger partial charge in [-0.2, -0.15) is 0 Å². The van der Waals surface area contributed by atoms with Crippen LogP contribution in [0.25, 0.3) is 0 Å². The molecule has 0 fully saturated rings. The summed E-state index contributed by atoms with van der Waals surface area (Å²) in [6, 6.07) is 13.6. The van der Waals surface area contributed by atoms with Crippen molar-refractivity contribution in [1.82, 2.24) is 0 Å². The van der Waals surface area contributed by atoms with Crippen LogP contribution in [0.15, 0.2) is 42.5 Å². The molecule has 0 amide bonds. The van der Waals surface area contributed by atoms with E-state index < -0.39 is 0 Å². The summed E-state index contributed by atoms with van der Waals surface area (Å²) in [5.41, 5.74) is 2.67. The Kier molecular flexibility index (Phi) is 14.5. The minimum atomic E-state index is -0.232. The van der Waals surface area contributed by atoms with Crippen molar-refractivity contribution in [3.63, 3.8) is 0 Å². The molecule has 1 aliphatic rings. The van der Waals surface area contributed by atoms with E-state index in [1.807, 2.05) is 36.4 Å². The molecule has 182 valence electrons. The van der Waals surface area contributed by atoms with Crippen LogP contribution in [-0.4, -0.2) is 12.6 Å². The van der Waals surface area contributed by atoms with Gasteiger partial charge in [-0.15, -0.1) is 0 Å². The molecule has 0 N–H and O–H groups in total. The first-order valence-electron chi connectivity index (χ1n) is 13.3. The number of unbranched alkanes of at least 4 members (excludes halogenated alkanes) is 13. The van der Waals surface area contributed by atoms with E-state index in [4.69, 9.17) is 9.47 Å². The molecule has 2 aromatic carbocycles. The van der Waals surface area contributed by atoms with Crippen molar-refractivity contribution in [2.75, 3.05) is 6.61 Å². The second-order valence-corrected chi connectivity index (χ2v) is 9.40. The molecular weight excluding hydrogens is 521 g/mol. The maximum atomic E-state index is 12.7. The number of benzene rings is 2. The molecule has 0 spiro atoms. The number of esters is 1. The van der Waals surface area contributed by atoms with Gasteiger partial charge in [0.25, 0.3) is 0 Å². The van der Waals surface area contributed by atoms with Gasteiger partial charge in [0.05, 0.1) is 12.2 Å². The van der Waals surface area contributed by atoms with Crippen molar-refractivity contribution >= 4 is 5.97 Å². The fraction of sp³-hybridized carbons (Fsp3) is 0.567. The summed E-state index contributed by atoms with van der Waals surface area (Å²) in [6.07, 6.45) is 19.2. The minimum Gasteiger partial charge on any atom is -0.462 e. The molecule has 0 saturated heterocycles. The Morgan fingerprint density at radius 3 is 1.94 bits per heavy atom. The van der Waals surface area contributed by atoms with Gasteiger partial charge in [0.1, 0.15) is 11.5 Å². The summed E-state index contributed by atoms with van der Waals surface area (Å²) in [5.74, 6) is 1.40. The fourth-order valence-corrected chi connectivity index (χ4v) is 4.63. The van der Waals surface area contributed by atoms with Gasteiger partial charge in [-0.25, -0.2) is 4.79 Å². The number of hydrogen-bond acceptors (Lipinski definition) is 3. The Morgan fingerprint density at radius 2 is 1.29 bits per heavy atom. The SMILES string of the molecule is CCCCCCCCCCCCCCCCOC(=O)c1cccc2c1Cc1ccccc1O2.[Cd]. The molecule has 0 atom stereocenters. The summed E-state index contributed by atoms with van der Waals surface area (Å²) >= 11 is 0.